The zero-order valence-electron chi connectivity index (χ0n) is 24.8. The molecular weight excluding hydrogens is 553 g/mol. The molecule has 2 atom stereocenters. The first-order valence-corrected chi connectivity index (χ1v) is 14.6. The molecule has 3 aromatic rings. The maximum Gasteiger partial charge on any atom is 0.410 e. The number of halogens is 1. The molecule has 0 saturated carbocycles. The molecule has 5 rings (SSSR count). The van der Waals surface area contributed by atoms with E-state index in [1.54, 1.807) is 35.4 Å². The Morgan fingerprint density at radius 1 is 1.09 bits per heavy atom. The van der Waals surface area contributed by atoms with Crippen LogP contribution in [0, 0.1) is 11.7 Å². The minimum absolute atomic E-state index is 0.0285. The summed E-state index contributed by atoms with van der Waals surface area (Å²) < 4.78 is 37.6. The molecule has 1 N–H and O–H groups in total. The minimum atomic E-state index is -0.615. The van der Waals surface area contributed by atoms with E-state index in [9.17, 15) is 14.0 Å². The maximum absolute atomic E-state index is 14.9. The molecule has 1 aromatic heterocycles. The Morgan fingerprint density at radius 2 is 1.93 bits per heavy atom. The van der Waals surface area contributed by atoms with Gasteiger partial charge in [0.1, 0.15) is 17.2 Å². The predicted molar refractivity (Wildman–Crippen MR) is 158 cm³/mol. The van der Waals surface area contributed by atoms with Crippen LogP contribution in [-0.4, -0.2) is 60.5 Å². The number of ether oxygens (including phenoxy) is 4. The molecule has 0 radical (unpaired) electrons. The molecule has 228 valence electrons. The van der Waals surface area contributed by atoms with Crippen molar-refractivity contribution in [2.75, 3.05) is 33.0 Å². The van der Waals surface area contributed by atoms with Crippen molar-refractivity contribution in [2.45, 2.75) is 51.6 Å². The van der Waals surface area contributed by atoms with E-state index in [2.05, 4.69) is 10.3 Å². The number of likely N-dealkylation sites (tertiary alicyclic amines) is 1. The second kappa shape index (κ2) is 13.3. The number of benzene rings is 2. The van der Waals surface area contributed by atoms with Crippen molar-refractivity contribution < 1.29 is 32.9 Å². The van der Waals surface area contributed by atoms with Crippen molar-refractivity contribution in [3.8, 4) is 17.2 Å². The lowest BCUT2D eigenvalue weighted by atomic mass is 9.80. The van der Waals surface area contributed by atoms with Crippen LogP contribution < -0.4 is 19.5 Å². The van der Waals surface area contributed by atoms with Gasteiger partial charge in [0.05, 0.1) is 13.0 Å². The fourth-order valence-electron chi connectivity index (χ4n) is 5.37. The van der Waals surface area contributed by atoms with Crippen LogP contribution in [0.3, 0.4) is 0 Å². The van der Waals surface area contributed by atoms with E-state index >= 15 is 0 Å². The highest BCUT2D eigenvalue weighted by molar-refractivity contribution is 5.78. The van der Waals surface area contributed by atoms with Gasteiger partial charge in [-0.25, -0.2) is 9.18 Å². The van der Waals surface area contributed by atoms with E-state index in [4.69, 9.17) is 18.9 Å². The number of carbonyl (C=O) groups excluding carboxylic acids is 2. The molecule has 2 unspecified atom stereocenters. The topological polar surface area (TPSA) is 99.2 Å². The van der Waals surface area contributed by atoms with Gasteiger partial charge >= 0.3 is 6.09 Å². The zero-order valence-corrected chi connectivity index (χ0v) is 24.8. The lowest BCUT2D eigenvalue weighted by molar-refractivity contribution is -0.120. The van der Waals surface area contributed by atoms with Crippen LogP contribution in [0.2, 0.25) is 0 Å². The van der Waals surface area contributed by atoms with E-state index in [0.29, 0.717) is 61.9 Å². The van der Waals surface area contributed by atoms with E-state index in [0.717, 1.165) is 11.3 Å². The Bertz CT molecular complexity index is 1430. The highest BCUT2D eigenvalue weighted by Gasteiger charge is 2.35. The summed E-state index contributed by atoms with van der Waals surface area (Å²) in [7, 11) is 0. The van der Waals surface area contributed by atoms with Gasteiger partial charge in [0.2, 0.25) is 12.7 Å². The van der Waals surface area contributed by atoms with Crippen molar-refractivity contribution in [3.63, 3.8) is 0 Å². The number of carbonyl (C=O) groups is 2. The van der Waals surface area contributed by atoms with Gasteiger partial charge in [0.15, 0.2) is 11.5 Å². The number of amides is 2. The summed E-state index contributed by atoms with van der Waals surface area (Å²) in [4.78, 5) is 31.6. The van der Waals surface area contributed by atoms with Crippen LogP contribution in [0.25, 0.3) is 0 Å². The molecule has 10 heteroatoms. The lowest BCUT2D eigenvalue weighted by Crippen LogP contribution is -2.46. The number of nitrogens with one attached hydrogen (secondary N) is 1. The first-order valence-electron chi connectivity index (χ1n) is 14.6. The SMILES string of the molecule is CC(C)(C)OC(=O)N1CCC(c2ccc(F)c(CC(=O)NCCc3ccccn3)c2)C(COc2ccc3c(c2)OCO3)C1. The van der Waals surface area contributed by atoms with Crippen molar-refractivity contribution in [3.05, 3.63) is 83.4 Å². The second-order valence-electron chi connectivity index (χ2n) is 11.9. The Morgan fingerprint density at radius 3 is 2.72 bits per heavy atom. The number of hydrogen-bond acceptors (Lipinski definition) is 7. The molecular formula is C33H38FN3O6. The van der Waals surface area contributed by atoms with Crippen LogP contribution in [0.5, 0.6) is 17.2 Å². The second-order valence-corrected chi connectivity index (χ2v) is 11.9. The summed E-state index contributed by atoms with van der Waals surface area (Å²) in [5.74, 6) is 1.08. The Kier molecular flexibility index (Phi) is 9.33. The Hall–Kier alpha value is -4.34. The maximum atomic E-state index is 14.9. The molecule has 2 aromatic carbocycles. The number of piperidine rings is 1. The van der Waals surface area contributed by atoms with Crippen LogP contribution in [-0.2, 0) is 22.4 Å². The summed E-state index contributed by atoms with van der Waals surface area (Å²) in [6.07, 6.45) is 2.49. The molecule has 2 amide bonds. The van der Waals surface area contributed by atoms with Gasteiger partial charge in [0.25, 0.3) is 0 Å². The normalized spacial score (nSPS) is 17.8. The Labute approximate surface area is 251 Å². The number of aromatic nitrogens is 1. The highest BCUT2D eigenvalue weighted by Crippen LogP contribution is 2.38. The summed E-state index contributed by atoms with van der Waals surface area (Å²) in [6, 6.07) is 16.0. The molecule has 0 spiro atoms. The average Bonchev–Trinajstić information content (AvgIpc) is 3.45. The monoisotopic (exact) mass is 591 g/mol. The van der Waals surface area contributed by atoms with Gasteiger partial charge in [-0.1, -0.05) is 18.2 Å². The van der Waals surface area contributed by atoms with E-state index in [1.165, 1.54) is 6.07 Å². The van der Waals surface area contributed by atoms with Gasteiger partial charge in [-0.2, -0.15) is 0 Å². The van der Waals surface area contributed by atoms with Crippen molar-refractivity contribution in [1.29, 1.82) is 0 Å². The van der Waals surface area contributed by atoms with Gasteiger partial charge in [-0.3, -0.25) is 9.78 Å². The third-order valence-electron chi connectivity index (χ3n) is 7.47. The quantitative estimate of drug-likeness (QED) is 0.362. The van der Waals surface area contributed by atoms with Gasteiger partial charge in [0, 0.05) is 49.9 Å². The minimum Gasteiger partial charge on any atom is -0.493 e. The fourth-order valence-corrected chi connectivity index (χ4v) is 5.37. The summed E-state index contributed by atoms with van der Waals surface area (Å²) in [5, 5.41) is 2.86. The largest absolute Gasteiger partial charge is 0.493 e. The number of hydrogen-bond donors (Lipinski definition) is 1. The van der Waals surface area contributed by atoms with Gasteiger partial charge in [-0.05, 0) is 74.6 Å². The summed E-state index contributed by atoms with van der Waals surface area (Å²) in [5.41, 5.74) is 1.50. The number of rotatable bonds is 9. The molecule has 0 bridgehead atoms. The smallest absolute Gasteiger partial charge is 0.410 e. The number of fused-ring (bicyclic) bond motifs is 1. The molecule has 43 heavy (non-hydrogen) atoms. The molecule has 0 aliphatic carbocycles. The van der Waals surface area contributed by atoms with Crippen LogP contribution in [0.15, 0.2) is 60.8 Å². The van der Waals surface area contributed by atoms with Crippen LogP contribution in [0.1, 0.15) is 49.9 Å². The van der Waals surface area contributed by atoms with Gasteiger partial charge in [-0.15, -0.1) is 0 Å². The summed E-state index contributed by atoms with van der Waals surface area (Å²) in [6.45, 7) is 7.31. The third-order valence-corrected chi connectivity index (χ3v) is 7.47. The lowest BCUT2D eigenvalue weighted by Gasteiger charge is -2.39. The van der Waals surface area contributed by atoms with E-state index in [1.807, 2.05) is 45.0 Å². The van der Waals surface area contributed by atoms with Crippen LogP contribution >= 0.6 is 0 Å². The van der Waals surface area contributed by atoms with Crippen molar-refractivity contribution in [1.82, 2.24) is 15.2 Å². The van der Waals surface area contributed by atoms with Crippen molar-refractivity contribution in [2.24, 2.45) is 5.92 Å². The standard InChI is InChI=1S/C33H38FN3O6/c1-33(2,3)43-32(39)37-15-12-27(24(19-37)20-40-26-8-10-29-30(18-26)42-21-41-29)22-7-9-28(34)23(16-22)17-31(38)36-14-11-25-6-4-5-13-35-25/h4-10,13,16,18,24,27H,11-12,14-15,17,19-21H2,1-3H3,(H,36,38). The van der Waals surface area contributed by atoms with Crippen molar-refractivity contribution >= 4 is 12.0 Å². The third kappa shape index (κ3) is 8.15. The average molecular weight is 592 g/mol. The molecule has 1 saturated heterocycles. The first-order chi connectivity index (χ1) is 20.6. The summed E-state index contributed by atoms with van der Waals surface area (Å²) >= 11 is 0. The van der Waals surface area contributed by atoms with E-state index in [-0.39, 0.29) is 37.0 Å². The molecule has 2 aliphatic rings. The van der Waals surface area contributed by atoms with Crippen LogP contribution in [0.4, 0.5) is 9.18 Å². The zero-order chi connectivity index (χ0) is 30.4. The molecule has 9 nitrogen and oxygen atoms in total. The Balaban J connectivity index is 1.28. The number of nitrogens with zero attached hydrogens (tertiary/aromatic N) is 2. The van der Waals surface area contributed by atoms with E-state index < -0.39 is 11.4 Å². The fraction of sp³-hybridized carbons (Fsp3) is 0.424. The number of pyridine rings is 1. The first kappa shape index (κ1) is 30.1. The predicted octanol–water partition coefficient (Wildman–Crippen LogP) is 5.27. The molecule has 2 aliphatic heterocycles. The molecule has 3 heterocycles. The molecule has 1 fully saturated rings. The van der Waals surface area contributed by atoms with Gasteiger partial charge < -0.3 is 29.2 Å². The highest BCUT2D eigenvalue weighted by atomic mass is 19.1.